The molecule has 1 spiro atoms. The average Bonchev–Trinajstić information content (AvgIpc) is 3.49. The van der Waals surface area contributed by atoms with Gasteiger partial charge in [0.1, 0.15) is 5.01 Å². The number of rotatable bonds is 6. The molecule has 9 nitrogen and oxygen atoms in total. The molecular weight excluding hydrogens is 536 g/mol. The van der Waals surface area contributed by atoms with E-state index in [0.717, 1.165) is 40.6 Å². The zero-order valence-corrected chi connectivity index (χ0v) is 22.9. The van der Waals surface area contributed by atoms with E-state index in [1.54, 1.807) is 30.3 Å². The van der Waals surface area contributed by atoms with E-state index in [0.29, 0.717) is 35.5 Å². The first kappa shape index (κ1) is 25.7. The maximum Gasteiger partial charge on any atom is 0.254 e. The second kappa shape index (κ2) is 9.27. The van der Waals surface area contributed by atoms with E-state index in [9.17, 15) is 22.8 Å². The summed E-state index contributed by atoms with van der Waals surface area (Å²) in [6.07, 6.45) is 3.98. The van der Waals surface area contributed by atoms with Crippen LogP contribution in [-0.4, -0.2) is 59.1 Å². The van der Waals surface area contributed by atoms with Gasteiger partial charge in [-0.15, -0.1) is 11.3 Å². The molecule has 3 N–H and O–H groups in total. The van der Waals surface area contributed by atoms with Crippen LogP contribution >= 0.6 is 11.3 Å². The number of primary amides is 1. The van der Waals surface area contributed by atoms with Gasteiger partial charge in [0.25, 0.3) is 11.8 Å². The lowest BCUT2D eigenvalue weighted by atomic mass is 9.82. The van der Waals surface area contributed by atoms with Gasteiger partial charge in [0.05, 0.1) is 33.3 Å². The Balaban J connectivity index is 1.24. The van der Waals surface area contributed by atoms with Crippen LogP contribution in [0.15, 0.2) is 48.6 Å². The number of nitrogens with zero attached hydrogens (tertiary/aromatic N) is 2. The number of aromatic nitrogens is 1. The number of hydrogen-bond acceptors (Lipinski definition) is 7. The number of hydrogen-bond donors (Lipinski definition) is 2. The third kappa shape index (κ3) is 4.15. The van der Waals surface area contributed by atoms with Gasteiger partial charge in [-0.05, 0) is 42.7 Å². The minimum absolute atomic E-state index is 0.00661. The maximum absolute atomic E-state index is 13.2. The number of sulfone groups is 1. The van der Waals surface area contributed by atoms with Gasteiger partial charge in [0.15, 0.2) is 9.84 Å². The molecule has 2 aliphatic heterocycles. The Hall–Kier alpha value is -3.57. The standard InChI is InChI=1S/C28H28N4O5S2/c1-16(24(29)33)13-32-14-20-18(6-5-7-19(20)27(32)35)26-30-21-9-8-17(12-22(21)38-26)25(34)31-23-15-39(36,37)28(23)10-3-2-4-11-28/h5-9,12,23H,1-4,10-11,13-15H2,(H2,29,33)(H,31,34). The Morgan fingerprint density at radius 2 is 1.90 bits per heavy atom. The number of carbonyl (C=O) groups excluding carboxylic acids is 3. The molecule has 3 heterocycles. The summed E-state index contributed by atoms with van der Waals surface area (Å²) in [5.41, 5.74) is 8.84. The van der Waals surface area contributed by atoms with Crippen LogP contribution in [-0.2, 0) is 21.2 Å². The normalized spacial score (nSPS) is 21.0. The van der Waals surface area contributed by atoms with Crippen LogP contribution < -0.4 is 11.1 Å². The van der Waals surface area contributed by atoms with Crippen molar-refractivity contribution < 1.29 is 22.8 Å². The number of amides is 3. The zero-order chi connectivity index (χ0) is 27.5. The summed E-state index contributed by atoms with van der Waals surface area (Å²) in [6, 6.07) is 10.4. The maximum atomic E-state index is 13.2. The Kier molecular flexibility index (Phi) is 6.11. The molecule has 202 valence electrons. The highest BCUT2D eigenvalue weighted by molar-refractivity contribution is 7.94. The zero-order valence-electron chi connectivity index (χ0n) is 21.2. The topological polar surface area (TPSA) is 140 Å². The van der Waals surface area contributed by atoms with Gasteiger partial charge in [-0.25, -0.2) is 13.4 Å². The Bertz CT molecular complexity index is 1670. The van der Waals surface area contributed by atoms with E-state index in [1.807, 2.05) is 6.07 Å². The van der Waals surface area contributed by atoms with Gasteiger partial charge in [-0.1, -0.05) is 38.0 Å². The minimum atomic E-state index is -3.19. The lowest BCUT2D eigenvalue weighted by molar-refractivity contribution is -0.114. The van der Waals surface area contributed by atoms with Gasteiger partial charge in [0, 0.05) is 28.8 Å². The molecule has 39 heavy (non-hydrogen) atoms. The summed E-state index contributed by atoms with van der Waals surface area (Å²) in [7, 11) is -3.19. The molecule has 1 aliphatic carbocycles. The van der Waals surface area contributed by atoms with Gasteiger partial charge in [0.2, 0.25) is 5.91 Å². The lowest BCUT2D eigenvalue weighted by Crippen LogP contribution is -2.70. The minimum Gasteiger partial charge on any atom is -0.366 e. The van der Waals surface area contributed by atoms with E-state index in [1.165, 1.54) is 16.2 Å². The van der Waals surface area contributed by atoms with E-state index in [2.05, 4.69) is 11.9 Å². The Morgan fingerprint density at radius 1 is 1.15 bits per heavy atom. The van der Waals surface area contributed by atoms with Crippen LogP contribution in [0.25, 0.3) is 20.8 Å². The van der Waals surface area contributed by atoms with Crippen molar-refractivity contribution in [2.45, 2.75) is 49.4 Å². The third-order valence-electron chi connectivity index (χ3n) is 8.30. The molecule has 1 atom stereocenters. The predicted molar refractivity (Wildman–Crippen MR) is 149 cm³/mol. The lowest BCUT2D eigenvalue weighted by Gasteiger charge is -2.50. The summed E-state index contributed by atoms with van der Waals surface area (Å²) in [5.74, 6) is -1.12. The smallest absolute Gasteiger partial charge is 0.254 e. The van der Waals surface area contributed by atoms with E-state index in [-0.39, 0.29) is 35.7 Å². The second-order valence-electron chi connectivity index (χ2n) is 10.6. The second-order valence-corrected chi connectivity index (χ2v) is 14.0. The fourth-order valence-electron chi connectivity index (χ4n) is 6.09. The van der Waals surface area contributed by atoms with Gasteiger partial charge in [-0.3, -0.25) is 14.4 Å². The molecule has 11 heteroatoms. The monoisotopic (exact) mass is 564 g/mol. The van der Waals surface area contributed by atoms with E-state index >= 15 is 0 Å². The molecule has 2 fully saturated rings. The number of benzene rings is 2. The largest absolute Gasteiger partial charge is 0.366 e. The van der Waals surface area contributed by atoms with Crippen LogP contribution in [0, 0.1) is 0 Å². The number of carbonyl (C=O) groups is 3. The summed E-state index contributed by atoms with van der Waals surface area (Å²) in [6.45, 7) is 4.04. The van der Waals surface area contributed by atoms with Crippen molar-refractivity contribution >= 4 is 49.1 Å². The van der Waals surface area contributed by atoms with Crippen molar-refractivity contribution in [3.8, 4) is 10.6 Å². The molecule has 1 unspecified atom stereocenters. The Labute approximate surface area is 230 Å². The molecule has 3 aliphatic rings. The highest BCUT2D eigenvalue weighted by Gasteiger charge is 2.60. The summed E-state index contributed by atoms with van der Waals surface area (Å²) >= 11 is 1.42. The molecule has 6 rings (SSSR count). The molecule has 3 aromatic rings. The summed E-state index contributed by atoms with van der Waals surface area (Å²) < 4.78 is 25.3. The van der Waals surface area contributed by atoms with Gasteiger partial charge >= 0.3 is 0 Å². The fraction of sp³-hybridized carbons (Fsp3) is 0.357. The van der Waals surface area contributed by atoms with Crippen molar-refractivity contribution in [2.24, 2.45) is 5.73 Å². The van der Waals surface area contributed by atoms with Crippen LogP contribution in [0.3, 0.4) is 0 Å². The van der Waals surface area contributed by atoms with Crippen molar-refractivity contribution in [1.82, 2.24) is 15.2 Å². The van der Waals surface area contributed by atoms with Crippen molar-refractivity contribution in [2.75, 3.05) is 12.3 Å². The molecule has 1 aromatic heterocycles. The first-order chi connectivity index (χ1) is 18.6. The fourth-order valence-corrected chi connectivity index (χ4v) is 9.51. The van der Waals surface area contributed by atoms with Gasteiger partial charge < -0.3 is 16.0 Å². The highest BCUT2D eigenvalue weighted by atomic mass is 32.2. The molecule has 1 saturated carbocycles. The molecule has 1 saturated heterocycles. The first-order valence-corrected chi connectivity index (χ1v) is 15.4. The van der Waals surface area contributed by atoms with Crippen molar-refractivity contribution in [1.29, 1.82) is 0 Å². The number of fused-ring (bicyclic) bond motifs is 2. The van der Waals surface area contributed by atoms with Crippen LogP contribution in [0.5, 0.6) is 0 Å². The third-order valence-corrected chi connectivity index (χ3v) is 12.1. The van der Waals surface area contributed by atoms with Crippen LogP contribution in [0.2, 0.25) is 0 Å². The summed E-state index contributed by atoms with van der Waals surface area (Å²) in [5, 5.41) is 3.72. The van der Waals surface area contributed by atoms with E-state index < -0.39 is 20.5 Å². The Morgan fingerprint density at radius 3 is 2.62 bits per heavy atom. The summed E-state index contributed by atoms with van der Waals surface area (Å²) in [4.78, 5) is 43.8. The number of nitrogens with one attached hydrogen (secondary N) is 1. The molecule has 2 aromatic carbocycles. The quantitative estimate of drug-likeness (QED) is 0.441. The van der Waals surface area contributed by atoms with E-state index in [4.69, 9.17) is 10.7 Å². The highest BCUT2D eigenvalue weighted by Crippen LogP contribution is 2.46. The van der Waals surface area contributed by atoms with Crippen molar-refractivity contribution in [3.05, 3.63) is 65.2 Å². The van der Waals surface area contributed by atoms with Crippen LogP contribution in [0.1, 0.15) is 58.4 Å². The average molecular weight is 565 g/mol. The number of thiazole rings is 1. The van der Waals surface area contributed by atoms with Gasteiger partial charge in [-0.2, -0.15) is 0 Å². The molecule has 0 radical (unpaired) electrons. The molecule has 3 amide bonds. The predicted octanol–water partition coefficient (Wildman–Crippen LogP) is 3.19. The first-order valence-electron chi connectivity index (χ1n) is 12.9. The number of nitrogens with two attached hydrogens (primary N) is 1. The SMILES string of the molecule is C=C(CN1Cc2c(cccc2-c2nc3ccc(C(=O)NC4CS(=O)(=O)C45CCCCC5)cc3s2)C1=O)C(N)=O. The van der Waals surface area contributed by atoms with Crippen molar-refractivity contribution in [3.63, 3.8) is 0 Å². The molecular formula is C28H28N4O5S2. The van der Waals surface area contributed by atoms with Crippen LogP contribution in [0.4, 0.5) is 0 Å². The molecule has 0 bridgehead atoms.